The molecule has 3 aromatic rings. The normalized spacial score (nSPS) is 13.3. The minimum Gasteiger partial charge on any atom is -0.457 e. The second kappa shape index (κ2) is 8.01. The number of Topliss-reactive ketones (excluding diaryl/α,β-unsaturated/α-hetero) is 1. The molecule has 0 atom stereocenters. The summed E-state index contributed by atoms with van der Waals surface area (Å²) in [6.07, 6.45) is 5.27. The van der Waals surface area contributed by atoms with Crippen molar-refractivity contribution >= 4 is 33.3 Å². The molecule has 4 rings (SSSR count). The summed E-state index contributed by atoms with van der Waals surface area (Å²) in [4.78, 5) is 28.9. The number of carbonyl (C=O) groups excluding carboxylic acids is 2. The van der Waals surface area contributed by atoms with Gasteiger partial charge >= 0.3 is 5.97 Å². The number of benzene rings is 2. The zero-order valence-corrected chi connectivity index (χ0v) is 15.9. The van der Waals surface area contributed by atoms with Crippen LogP contribution in [0.3, 0.4) is 0 Å². The third kappa shape index (κ3) is 4.25. The van der Waals surface area contributed by atoms with Crippen LogP contribution in [-0.4, -0.2) is 23.3 Å². The summed E-state index contributed by atoms with van der Waals surface area (Å²) in [5.74, 6) is -0.503. The predicted molar refractivity (Wildman–Crippen MR) is 106 cm³/mol. The highest BCUT2D eigenvalue weighted by atomic mass is 32.1. The number of rotatable bonds is 6. The number of aromatic nitrogens is 1. The summed E-state index contributed by atoms with van der Waals surface area (Å²) in [5.41, 5.74) is 4.18. The largest absolute Gasteiger partial charge is 0.457 e. The number of esters is 1. The smallest absolute Gasteiger partial charge is 0.306 e. The number of hydrogen-bond donors (Lipinski definition) is 0. The third-order valence-electron chi connectivity index (χ3n) is 4.92. The van der Waals surface area contributed by atoms with Crippen LogP contribution < -0.4 is 0 Å². The molecule has 0 saturated carbocycles. The standard InChI is InChI=1S/C22H21NO3S/c24-19(17-10-9-15-5-1-2-6-16(15)13-17)14-26-22(25)12-11-21-23-18-7-3-4-8-20(18)27-21/h3-4,7-10,13H,1-2,5-6,11-12,14H2. The number of nitrogens with zero attached hydrogens (tertiary/aromatic N) is 1. The van der Waals surface area contributed by atoms with Gasteiger partial charge in [0, 0.05) is 12.0 Å². The van der Waals surface area contributed by atoms with Crippen LogP contribution in [0.1, 0.15) is 45.8 Å². The molecule has 0 N–H and O–H groups in total. The number of hydrogen-bond acceptors (Lipinski definition) is 5. The van der Waals surface area contributed by atoms with Crippen molar-refractivity contribution in [3.8, 4) is 0 Å². The third-order valence-corrected chi connectivity index (χ3v) is 6.01. The molecule has 0 aliphatic heterocycles. The molecule has 0 bridgehead atoms. The Morgan fingerprint density at radius 3 is 2.70 bits per heavy atom. The van der Waals surface area contributed by atoms with Gasteiger partial charge in [0.25, 0.3) is 0 Å². The molecule has 1 aromatic heterocycles. The van der Waals surface area contributed by atoms with E-state index in [1.54, 1.807) is 11.3 Å². The molecule has 0 spiro atoms. The molecule has 5 heteroatoms. The first-order chi connectivity index (χ1) is 13.2. The molecule has 0 fully saturated rings. The van der Waals surface area contributed by atoms with Gasteiger partial charge in [-0.2, -0.15) is 0 Å². The van der Waals surface area contributed by atoms with Crippen LogP contribution >= 0.6 is 11.3 Å². The molecule has 0 unspecified atom stereocenters. The fourth-order valence-corrected chi connectivity index (χ4v) is 4.41. The van der Waals surface area contributed by atoms with Gasteiger partial charge in [-0.15, -0.1) is 11.3 Å². The number of para-hydroxylation sites is 1. The number of carbonyl (C=O) groups is 2. The average molecular weight is 379 g/mol. The van der Waals surface area contributed by atoms with E-state index in [4.69, 9.17) is 4.74 Å². The summed E-state index contributed by atoms with van der Waals surface area (Å²) in [5, 5.41) is 0.911. The van der Waals surface area contributed by atoms with Crippen LogP contribution in [0.5, 0.6) is 0 Å². The van der Waals surface area contributed by atoms with Gasteiger partial charge in [-0.1, -0.05) is 24.3 Å². The molecule has 1 aliphatic rings. The SMILES string of the molecule is O=C(CCc1nc2ccccc2s1)OCC(=O)c1ccc2c(c1)CCCC2. The molecule has 0 saturated heterocycles. The van der Waals surface area contributed by atoms with E-state index in [1.165, 1.54) is 24.0 Å². The molecule has 2 aromatic carbocycles. The first-order valence-corrected chi connectivity index (χ1v) is 10.2. The minimum atomic E-state index is -0.361. The van der Waals surface area contributed by atoms with E-state index in [1.807, 2.05) is 42.5 Å². The maximum Gasteiger partial charge on any atom is 0.306 e. The zero-order chi connectivity index (χ0) is 18.6. The van der Waals surface area contributed by atoms with E-state index in [2.05, 4.69) is 4.98 Å². The molecule has 138 valence electrons. The maximum atomic E-state index is 12.3. The average Bonchev–Trinajstić information content (AvgIpc) is 3.13. The van der Waals surface area contributed by atoms with E-state index in [-0.39, 0.29) is 24.8 Å². The van der Waals surface area contributed by atoms with Crippen molar-refractivity contribution in [2.24, 2.45) is 0 Å². The number of ether oxygens (including phenoxy) is 1. The van der Waals surface area contributed by atoms with Crippen molar-refractivity contribution in [3.05, 3.63) is 64.2 Å². The summed E-state index contributed by atoms with van der Waals surface area (Å²) in [6.45, 7) is -0.197. The van der Waals surface area contributed by atoms with Crippen LogP contribution in [0, 0.1) is 0 Å². The van der Waals surface area contributed by atoms with Crippen molar-refractivity contribution in [3.63, 3.8) is 0 Å². The monoisotopic (exact) mass is 379 g/mol. The van der Waals surface area contributed by atoms with Crippen LogP contribution in [0.4, 0.5) is 0 Å². The van der Waals surface area contributed by atoms with Gasteiger partial charge in [0.1, 0.15) is 0 Å². The lowest BCUT2D eigenvalue weighted by Crippen LogP contribution is -2.15. The topological polar surface area (TPSA) is 56.3 Å². The Hall–Kier alpha value is -2.53. The Morgan fingerprint density at radius 1 is 1.04 bits per heavy atom. The molecule has 0 amide bonds. The van der Waals surface area contributed by atoms with E-state index in [0.717, 1.165) is 28.1 Å². The van der Waals surface area contributed by atoms with Gasteiger partial charge in [-0.05, 0) is 55.0 Å². The van der Waals surface area contributed by atoms with E-state index >= 15 is 0 Å². The van der Waals surface area contributed by atoms with Gasteiger partial charge in [0.05, 0.1) is 21.6 Å². The van der Waals surface area contributed by atoms with E-state index < -0.39 is 0 Å². The fourth-order valence-electron chi connectivity index (χ4n) is 3.44. The molecular weight excluding hydrogens is 358 g/mol. The lowest BCUT2D eigenvalue weighted by atomic mass is 9.90. The van der Waals surface area contributed by atoms with Gasteiger partial charge in [0.2, 0.25) is 0 Å². The number of fused-ring (bicyclic) bond motifs is 2. The maximum absolute atomic E-state index is 12.3. The molecular formula is C22H21NO3S. The summed E-state index contributed by atoms with van der Waals surface area (Å²) in [7, 11) is 0. The van der Waals surface area contributed by atoms with Gasteiger partial charge in [0.15, 0.2) is 12.4 Å². The Balaban J connectivity index is 1.29. The van der Waals surface area contributed by atoms with Crippen molar-refractivity contribution in [2.45, 2.75) is 38.5 Å². The Morgan fingerprint density at radius 2 is 1.85 bits per heavy atom. The van der Waals surface area contributed by atoms with Crippen LogP contribution in [0.25, 0.3) is 10.2 Å². The van der Waals surface area contributed by atoms with Crippen molar-refractivity contribution in [1.29, 1.82) is 0 Å². The highest BCUT2D eigenvalue weighted by molar-refractivity contribution is 7.18. The van der Waals surface area contributed by atoms with Gasteiger partial charge in [-0.25, -0.2) is 4.98 Å². The van der Waals surface area contributed by atoms with Crippen LogP contribution in [0.15, 0.2) is 42.5 Å². The van der Waals surface area contributed by atoms with Gasteiger partial charge in [-0.3, -0.25) is 9.59 Å². The Kier molecular flexibility index (Phi) is 5.30. The van der Waals surface area contributed by atoms with Crippen molar-refractivity contribution in [2.75, 3.05) is 6.61 Å². The van der Waals surface area contributed by atoms with Crippen LogP contribution in [0.2, 0.25) is 0 Å². The first-order valence-electron chi connectivity index (χ1n) is 9.34. The summed E-state index contributed by atoms with van der Waals surface area (Å²) in [6, 6.07) is 13.8. The van der Waals surface area contributed by atoms with Gasteiger partial charge < -0.3 is 4.74 Å². The quantitative estimate of drug-likeness (QED) is 0.466. The predicted octanol–water partition coefficient (Wildman–Crippen LogP) is 4.53. The summed E-state index contributed by atoms with van der Waals surface area (Å²) < 4.78 is 6.30. The van der Waals surface area contributed by atoms with E-state index in [9.17, 15) is 9.59 Å². The molecule has 27 heavy (non-hydrogen) atoms. The molecule has 1 heterocycles. The lowest BCUT2D eigenvalue weighted by Gasteiger charge is -2.16. The Bertz CT molecular complexity index is 959. The highest BCUT2D eigenvalue weighted by Gasteiger charge is 2.15. The second-order valence-corrected chi connectivity index (χ2v) is 7.96. The van der Waals surface area contributed by atoms with Crippen molar-refractivity contribution < 1.29 is 14.3 Å². The molecule has 1 aliphatic carbocycles. The number of aryl methyl sites for hydroxylation is 3. The number of ketones is 1. The molecule has 0 radical (unpaired) electrons. The fraction of sp³-hybridized carbons (Fsp3) is 0.318. The zero-order valence-electron chi connectivity index (χ0n) is 15.1. The summed E-state index contributed by atoms with van der Waals surface area (Å²) >= 11 is 1.59. The van der Waals surface area contributed by atoms with Crippen molar-refractivity contribution in [1.82, 2.24) is 4.98 Å². The first kappa shape index (κ1) is 17.9. The number of thiazole rings is 1. The second-order valence-electron chi connectivity index (χ2n) is 6.85. The van der Waals surface area contributed by atoms with E-state index in [0.29, 0.717) is 12.0 Å². The molecule has 4 nitrogen and oxygen atoms in total. The lowest BCUT2D eigenvalue weighted by molar-refractivity contribution is -0.142. The Labute approximate surface area is 162 Å². The highest BCUT2D eigenvalue weighted by Crippen LogP contribution is 2.23. The minimum absolute atomic E-state index is 0.142. The van der Waals surface area contributed by atoms with Crippen LogP contribution in [-0.2, 0) is 28.8 Å².